The van der Waals surface area contributed by atoms with E-state index in [1.54, 1.807) is 25.4 Å². The van der Waals surface area contributed by atoms with E-state index in [9.17, 15) is 8.78 Å². The quantitative estimate of drug-likeness (QED) is 0.371. The summed E-state index contributed by atoms with van der Waals surface area (Å²) in [6.45, 7) is -0.420. The van der Waals surface area contributed by atoms with Crippen LogP contribution in [0.25, 0.3) is 11.0 Å². The van der Waals surface area contributed by atoms with Crippen LogP contribution in [0.3, 0.4) is 0 Å². The number of imidazole rings is 1. The van der Waals surface area contributed by atoms with Crippen molar-refractivity contribution in [3.63, 3.8) is 0 Å². The highest BCUT2D eigenvalue weighted by Gasteiger charge is 2.38. The third-order valence-corrected chi connectivity index (χ3v) is 5.79. The molecular formula is C23H19F2N3O4S. The van der Waals surface area contributed by atoms with E-state index in [0.717, 1.165) is 5.56 Å². The van der Waals surface area contributed by atoms with Crippen molar-refractivity contribution in [1.29, 1.82) is 0 Å². The summed E-state index contributed by atoms with van der Waals surface area (Å²) in [5.74, 6) is 1.82. The van der Waals surface area contributed by atoms with E-state index in [-0.39, 0.29) is 11.5 Å². The van der Waals surface area contributed by atoms with E-state index in [2.05, 4.69) is 15.0 Å². The van der Waals surface area contributed by atoms with Crippen LogP contribution in [0.2, 0.25) is 0 Å². The van der Waals surface area contributed by atoms with Crippen molar-refractivity contribution in [2.75, 3.05) is 13.7 Å². The number of ether oxygens (including phenoxy) is 4. The van der Waals surface area contributed by atoms with Crippen LogP contribution in [0.15, 0.2) is 59.9 Å². The van der Waals surface area contributed by atoms with Crippen LogP contribution < -0.4 is 18.9 Å². The van der Waals surface area contributed by atoms with Gasteiger partial charge < -0.3 is 23.9 Å². The molecule has 0 unspecified atom stereocenters. The Labute approximate surface area is 192 Å². The van der Waals surface area contributed by atoms with Crippen molar-refractivity contribution in [1.82, 2.24) is 15.0 Å². The summed E-state index contributed by atoms with van der Waals surface area (Å²) >= 11 is 1.40. The van der Waals surface area contributed by atoms with Crippen molar-refractivity contribution in [2.45, 2.75) is 23.6 Å². The number of fused-ring (bicyclic) bond motifs is 2. The molecule has 2 aromatic carbocycles. The van der Waals surface area contributed by atoms with Crippen LogP contribution in [0.4, 0.5) is 8.78 Å². The van der Waals surface area contributed by atoms with Gasteiger partial charge in [0.2, 0.25) is 0 Å². The fourth-order valence-electron chi connectivity index (χ4n) is 3.39. The molecule has 0 saturated carbocycles. The Morgan fingerprint density at radius 2 is 2.00 bits per heavy atom. The summed E-state index contributed by atoms with van der Waals surface area (Å²) in [7, 11) is 1.57. The average molecular weight is 471 g/mol. The van der Waals surface area contributed by atoms with Crippen molar-refractivity contribution in [3.05, 3.63) is 66.0 Å². The fourth-order valence-corrected chi connectivity index (χ4v) is 4.21. The molecular weight excluding hydrogens is 452 g/mol. The molecule has 0 atom stereocenters. The maximum absolute atomic E-state index is 13.4. The highest BCUT2D eigenvalue weighted by Crippen LogP contribution is 2.40. The zero-order valence-electron chi connectivity index (χ0n) is 17.5. The predicted molar refractivity (Wildman–Crippen MR) is 118 cm³/mol. The van der Waals surface area contributed by atoms with E-state index in [4.69, 9.17) is 18.9 Å². The van der Waals surface area contributed by atoms with Gasteiger partial charge in [0, 0.05) is 30.1 Å². The molecule has 5 rings (SSSR count). The number of aromatic amines is 1. The first-order valence-electron chi connectivity index (χ1n) is 10.1. The van der Waals surface area contributed by atoms with Crippen molar-refractivity contribution < 1.29 is 27.7 Å². The van der Waals surface area contributed by atoms with Crippen LogP contribution >= 0.6 is 11.8 Å². The standard InChI is InChI=1S/C23H19F2N3O4S/c1-29-21-17(26-8-7-18(21)30-11-14-5-3-2-4-6-14)12-33-22-27-15-9-19-20(10-16(15)28-22)32-23(24,25)13-31-19/h2-10H,11-13H2,1H3,(H,27,28). The van der Waals surface area contributed by atoms with E-state index in [1.807, 2.05) is 30.3 Å². The first-order valence-corrected chi connectivity index (χ1v) is 11.0. The van der Waals surface area contributed by atoms with Gasteiger partial charge in [-0.3, -0.25) is 4.98 Å². The number of pyridine rings is 1. The number of H-pyrrole nitrogens is 1. The van der Waals surface area contributed by atoms with Gasteiger partial charge in [-0.15, -0.1) is 0 Å². The molecule has 4 aromatic rings. The number of halogens is 2. The molecule has 33 heavy (non-hydrogen) atoms. The number of nitrogens with zero attached hydrogens (tertiary/aromatic N) is 2. The van der Waals surface area contributed by atoms with Gasteiger partial charge in [-0.2, -0.15) is 8.78 Å². The Hall–Kier alpha value is -3.53. The van der Waals surface area contributed by atoms with Crippen LogP contribution in [-0.2, 0) is 12.4 Å². The monoisotopic (exact) mass is 471 g/mol. The highest BCUT2D eigenvalue weighted by molar-refractivity contribution is 7.98. The van der Waals surface area contributed by atoms with E-state index >= 15 is 0 Å². The second-order valence-electron chi connectivity index (χ2n) is 7.24. The Morgan fingerprint density at radius 3 is 2.82 bits per heavy atom. The number of hydrogen-bond acceptors (Lipinski definition) is 7. The number of rotatable bonds is 7. The molecule has 0 aliphatic carbocycles. The summed E-state index contributed by atoms with van der Waals surface area (Å²) < 4.78 is 48.2. The Bertz CT molecular complexity index is 1280. The predicted octanol–water partition coefficient (Wildman–Crippen LogP) is 5.20. The first-order chi connectivity index (χ1) is 16.0. The minimum absolute atomic E-state index is 0.0226. The summed E-state index contributed by atoms with van der Waals surface area (Å²) in [5.41, 5.74) is 2.89. The lowest BCUT2D eigenvalue weighted by atomic mass is 10.2. The zero-order valence-corrected chi connectivity index (χ0v) is 18.3. The van der Waals surface area contributed by atoms with E-state index in [1.165, 1.54) is 17.8 Å². The van der Waals surface area contributed by atoms with E-state index in [0.29, 0.717) is 45.7 Å². The average Bonchev–Trinajstić information content (AvgIpc) is 3.21. The third kappa shape index (κ3) is 4.65. The summed E-state index contributed by atoms with van der Waals surface area (Å²) in [6, 6.07) is 14.6. The van der Waals surface area contributed by atoms with Gasteiger partial charge in [-0.1, -0.05) is 42.1 Å². The van der Waals surface area contributed by atoms with Crippen LogP contribution in [0.5, 0.6) is 23.0 Å². The molecule has 170 valence electrons. The number of aromatic nitrogens is 3. The Kier molecular flexibility index (Phi) is 5.67. The molecule has 0 saturated heterocycles. The van der Waals surface area contributed by atoms with E-state index < -0.39 is 12.7 Å². The van der Waals surface area contributed by atoms with Gasteiger partial charge in [0.25, 0.3) is 0 Å². The SMILES string of the molecule is COc1c(OCc2ccccc2)ccnc1CSc1nc2cc3c(cc2[nH]1)OC(F)(F)CO3. The van der Waals surface area contributed by atoms with Crippen molar-refractivity contribution >= 4 is 22.8 Å². The minimum atomic E-state index is -3.35. The molecule has 1 aliphatic heterocycles. The van der Waals surface area contributed by atoms with Crippen LogP contribution in [-0.4, -0.2) is 34.8 Å². The lowest BCUT2D eigenvalue weighted by Gasteiger charge is -2.25. The minimum Gasteiger partial charge on any atom is -0.491 e. The van der Waals surface area contributed by atoms with Crippen molar-refractivity contribution in [2.24, 2.45) is 0 Å². The van der Waals surface area contributed by atoms with Gasteiger partial charge in [-0.05, 0) is 5.56 Å². The topological polar surface area (TPSA) is 78.5 Å². The molecule has 0 spiro atoms. The molecule has 0 radical (unpaired) electrons. The molecule has 0 amide bonds. The van der Waals surface area contributed by atoms with Crippen molar-refractivity contribution in [3.8, 4) is 23.0 Å². The third-order valence-electron chi connectivity index (χ3n) is 4.91. The maximum atomic E-state index is 13.4. The highest BCUT2D eigenvalue weighted by atomic mass is 32.2. The van der Waals surface area contributed by atoms with Gasteiger partial charge in [-0.25, -0.2) is 4.98 Å². The molecule has 0 bridgehead atoms. The number of benzene rings is 2. The number of nitrogens with one attached hydrogen (secondary N) is 1. The first kappa shape index (κ1) is 21.3. The van der Waals surface area contributed by atoms with Gasteiger partial charge in [0.05, 0.1) is 23.8 Å². The second-order valence-corrected chi connectivity index (χ2v) is 8.20. The van der Waals surface area contributed by atoms with Crippen LogP contribution in [0, 0.1) is 0 Å². The van der Waals surface area contributed by atoms with Gasteiger partial charge in [0.1, 0.15) is 6.61 Å². The molecule has 1 aliphatic rings. The smallest absolute Gasteiger partial charge is 0.433 e. The van der Waals surface area contributed by atoms with Gasteiger partial charge in [0.15, 0.2) is 34.8 Å². The molecule has 2 aromatic heterocycles. The summed E-state index contributed by atoms with van der Waals surface area (Å²) in [6.07, 6.45) is -1.69. The summed E-state index contributed by atoms with van der Waals surface area (Å²) in [5, 5.41) is 0.596. The Morgan fingerprint density at radius 1 is 1.15 bits per heavy atom. The molecule has 1 N–H and O–H groups in total. The Balaban J connectivity index is 1.31. The molecule has 3 heterocycles. The lowest BCUT2D eigenvalue weighted by molar-refractivity contribution is -0.208. The number of alkyl halides is 2. The molecule has 7 nitrogen and oxygen atoms in total. The maximum Gasteiger partial charge on any atom is 0.433 e. The number of thioether (sulfide) groups is 1. The summed E-state index contributed by atoms with van der Waals surface area (Å²) in [4.78, 5) is 12.0. The zero-order chi connectivity index (χ0) is 22.8. The number of hydrogen-bond donors (Lipinski definition) is 1. The lowest BCUT2D eigenvalue weighted by Crippen LogP contribution is -2.35. The normalized spacial score (nSPS) is 14.3. The fraction of sp³-hybridized carbons (Fsp3) is 0.217. The largest absolute Gasteiger partial charge is 0.491 e. The van der Waals surface area contributed by atoms with Gasteiger partial charge >= 0.3 is 6.11 Å². The van der Waals surface area contributed by atoms with Crippen LogP contribution in [0.1, 0.15) is 11.3 Å². The number of methoxy groups -OCH3 is 1. The molecule has 10 heteroatoms. The second kappa shape index (κ2) is 8.78. The molecule has 0 fully saturated rings.